The molecule has 1 atom stereocenters. The standard InChI is InChI=1S/C13H15ClN2O5/c1-8(2-3-12(17)18)7-15-13(19)9-4-10(14)6-11(5-9)16(20)21/h4-6,8H,2-3,7H2,1H3,(H,15,19)(H,17,18). The first kappa shape index (κ1) is 16.9. The van der Waals surface area contributed by atoms with E-state index in [-0.39, 0.29) is 35.2 Å². The molecule has 1 amide bonds. The van der Waals surface area contributed by atoms with Gasteiger partial charge in [-0.15, -0.1) is 0 Å². The number of non-ortho nitro benzene ring substituents is 1. The summed E-state index contributed by atoms with van der Waals surface area (Å²) in [6.45, 7) is 2.09. The molecule has 8 heteroatoms. The molecule has 0 saturated heterocycles. The molecule has 1 aromatic rings. The highest BCUT2D eigenvalue weighted by Crippen LogP contribution is 2.20. The van der Waals surface area contributed by atoms with Crippen LogP contribution in [0.5, 0.6) is 0 Å². The molecule has 0 spiro atoms. The van der Waals surface area contributed by atoms with Gasteiger partial charge in [0.15, 0.2) is 0 Å². The Hall–Kier alpha value is -2.15. The number of nitrogens with one attached hydrogen (secondary N) is 1. The average molecular weight is 315 g/mol. The molecule has 0 heterocycles. The van der Waals surface area contributed by atoms with Crippen LogP contribution in [0.3, 0.4) is 0 Å². The summed E-state index contributed by atoms with van der Waals surface area (Å²) in [5.74, 6) is -1.39. The van der Waals surface area contributed by atoms with Gasteiger partial charge in [0, 0.05) is 35.7 Å². The molecule has 114 valence electrons. The van der Waals surface area contributed by atoms with Crippen molar-refractivity contribution in [2.24, 2.45) is 5.92 Å². The topological polar surface area (TPSA) is 110 Å². The minimum atomic E-state index is -0.890. The smallest absolute Gasteiger partial charge is 0.303 e. The lowest BCUT2D eigenvalue weighted by Crippen LogP contribution is -2.28. The molecule has 0 aliphatic carbocycles. The zero-order valence-electron chi connectivity index (χ0n) is 11.3. The van der Waals surface area contributed by atoms with Crippen molar-refractivity contribution < 1.29 is 19.6 Å². The number of benzene rings is 1. The third-order valence-electron chi connectivity index (χ3n) is 2.82. The van der Waals surface area contributed by atoms with Crippen molar-refractivity contribution >= 4 is 29.2 Å². The van der Waals surface area contributed by atoms with Gasteiger partial charge in [-0.1, -0.05) is 18.5 Å². The number of nitro benzene ring substituents is 1. The second-order valence-electron chi connectivity index (χ2n) is 4.70. The summed E-state index contributed by atoms with van der Waals surface area (Å²) in [6, 6.07) is 3.64. The molecule has 1 unspecified atom stereocenters. The van der Waals surface area contributed by atoms with Crippen LogP contribution in [0.15, 0.2) is 18.2 Å². The fourth-order valence-electron chi connectivity index (χ4n) is 1.65. The molecule has 1 aromatic carbocycles. The van der Waals surface area contributed by atoms with E-state index in [1.54, 1.807) is 0 Å². The minimum absolute atomic E-state index is 0.0146. The number of hydrogen-bond donors (Lipinski definition) is 2. The van der Waals surface area contributed by atoms with Crippen LogP contribution in [0.1, 0.15) is 30.1 Å². The number of carbonyl (C=O) groups is 2. The summed E-state index contributed by atoms with van der Waals surface area (Å²) in [7, 11) is 0. The van der Waals surface area contributed by atoms with Crippen LogP contribution >= 0.6 is 11.6 Å². The molecule has 0 radical (unpaired) electrons. The third-order valence-corrected chi connectivity index (χ3v) is 3.04. The second-order valence-corrected chi connectivity index (χ2v) is 5.14. The third kappa shape index (κ3) is 5.78. The van der Waals surface area contributed by atoms with Gasteiger partial charge in [0.05, 0.1) is 4.92 Å². The van der Waals surface area contributed by atoms with Crippen LogP contribution in [0.2, 0.25) is 5.02 Å². The van der Waals surface area contributed by atoms with Crippen molar-refractivity contribution in [1.82, 2.24) is 5.32 Å². The van der Waals surface area contributed by atoms with Crippen molar-refractivity contribution in [3.63, 3.8) is 0 Å². The second kappa shape index (κ2) is 7.58. The lowest BCUT2D eigenvalue weighted by Gasteiger charge is -2.11. The monoisotopic (exact) mass is 314 g/mol. The van der Waals surface area contributed by atoms with E-state index in [0.717, 1.165) is 12.1 Å². The van der Waals surface area contributed by atoms with Crippen molar-refractivity contribution in [3.05, 3.63) is 38.9 Å². The van der Waals surface area contributed by atoms with E-state index >= 15 is 0 Å². The van der Waals surface area contributed by atoms with Gasteiger partial charge in [0.1, 0.15) is 0 Å². The summed E-state index contributed by atoms with van der Waals surface area (Å²) >= 11 is 5.74. The molecular weight excluding hydrogens is 300 g/mol. The molecular formula is C13H15ClN2O5. The maximum atomic E-state index is 11.9. The van der Waals surface area contributed by atoms with Crippen molar-refractivity contribution in [2.75, 3.05) is 6.54 Å². The Kier molecular flexibility index (Phi) is 6.10. The van der Waals surface area contributed by atoms with Crippen molar-refractivity contribution in [2.45, 2.75) is 19.8 Å². The number of halogens is 1. The first-order chi connectivity index (χ1) is 9.79. The number of hydrogen-bond acceptors (Lipinski definition) is 4. The van der Waals surface area contributed by atoms with Crippen LogP contribution in [-0.2, 0) is 4.79 Å². The lowest BCUT2D eigenvalue weighted by molar-refractivity contribution is -0.384. The zero-order chi connectivity index (χ0) is 16.0. The number of carboxylic acids is 1. The van der Waals surface area contributed by atoms with Gasteiger partial charge >= 0.3 is 5.97 Å². The Labute approximate surface area is 126 Å². The number of carboxylic acid groups (broad SMARTS) is 1. The van der Waals surface area contributed by atoms with E-state index in [4.69, 9.17) is 16.7 Å². The quantitative estimate of drug-likeness (QED) is 0.593. The van der Waals surface area contributed by atoms with Gasteiger partial charge in [-0.25, -0.2) is 0 Å². The first-order valence-electron chi connectivity index (χ1n) is 6.24. The van der Waals surface area contributed by atoms with Crippen molar-refractivity contribution in [3.8, 4) is 0 Å². The number of aliphatic carboxylic acids is 1. The first-order valence-corrected chi connectivity index (χ1v) is 6.62. The van der Waals surface area contributed by atoms with E-state index in [2.05, 4.69) is 5.32 Å². The predicted octanol–water partition coefficient (Wildman–Crippen LogP) is 2.48. The Morgan fingerprint density at radius 1 is 1.43 bits per heavy atom. The van der Waals surface area contributed by atoms with Crippen LogP contribution < -0.4 is 5.32 Å². The van der Waals surface area contributed by atoms with Gasteiger partial charge in [-0.3, -0.25) is 19.7 Å². The molecule has 7 nitrogen and oxygen atoms in total. The molecule has 0 bridgehead atoms. The van der Waals surface area contributed by atoms with Gasteiger partial charge in [-0.2, -0.15) is 0 Å². The Morgan fingerprint density at radius 3 is 2.67 bits per heavy atom. The van der Waals surface area contributed by atoms with E-state index in [1.165, 1.54) is 6.07 Å². The maximum absolute atomic E-state index is 11.9. The van der Waals surface area contributed by atoms with Crippen LogP contribution in [0.25, 0.3) is 0 Å². The summed E-state index contributed by atoms with van der Waals surface area (Å²) < 4.78 is 0. The molecule has 0 aromatic heterocycles. The van der Waals surface area contributed by atoms with Crippen LogP contribution in [0.4, 0.5) is 5.69 Å². The Morgan fingerprint density at radius 2 is 2.10 bits per heavy atom. The number of carbonyl (C=O) groups excluding carboxylic acids is 1. The van der Waals surface area contributed by atoms with Crippen LogP contribution in [0, 0.1) is 16.0 Å². The fraction of sp³-hybridized carbons (Fsp3) is 0.385. The molecule has 0 aliphatic heterocycles. The predicted molar refractivity (Wildman–Crippen MR) is 76.5 cm³/mol. The summed E-state index contributed by atoms with van der Waals surface area (Å²) in [6.07, 6.45) is 0.463. The molecule has 0 fully saturated rings. The average Bonchev–Trinajstić information content (AvgIpc) is 2.41. The SMILES string of the molecule is CC(CCC(=O)O)CNC(=O)c1cc(Cl)cc([N+](=O)[O-])c1. The van der Waals surface area contributed by atoms with E-state index < -0.39 is 16.8 Å². The lowest BCUT2D eigenvalue weighted by atomic mass is 10.1. The molecule has 21 heavy (non-hydrogen) atoms. The Balaban J connectivity index is 2.63. The van der Waals surface area contributed by atoms with Crippen LogP contribution in [-0.4, -0.2) is 28.5 Å². The number of nitro groups is 1. The highest BCUT2D eigenvalue weighted by molar-refractivity contribution is 6.31. The largest absolute Gasteiger partial charge is 0.481 e. The summed E-state index contributed by atoms with van der Waals surface area (Å²) in [5, 5.41) is 22.0. The summed E-state index contributed by atoms with van der Waals surface area (Å²) in [4.78, 5) is 32.4. The highest BCUT2D eigenvalue weighted by atomic mass is 35.5. The molecule has 2 N–H and O–H groups in total. The molecule has 0 saturated carbocycles. The van der Waals surface area contributed by atoms with E-state index in [0.29, 0.717) is 6.42 Å². The zero-order valence-corrected chi connectivity index (χ0v) is 12.1. The maximum Gasteiger partial charge on any atom is 0.303 e. The summed E-state index contributed by atoms with van der Waals surface area (Å²) in [5.41, 5.74) is -0.161. The molecule has 0 aliphatic rings. The minimum Gasteiger partial charge on any atom is -0.481 e. The Bertz CT molecular complexity index is 561. The molecule has 1 rings (SSSR count). The fourth-order valence-corrected chi connectivity index (χ4v) is 1.88. The van der Waals surface area contributed by atoms with E-state index in [1.807, 2.05) is 6.92 Å². The highest BCUT2D eigenvalue weighted by Gasteiger charge is 2.14. The number of nitrogens with zero attached hydrogens (tertiary/aromatic N) is 1. The van der Waals surface area contributed by atoms with Gasteiger partial charge in [-0.05, 0) is 18.4 Å². The van der Waals surface area contributed by atoms with Gasteiger partial charge in [0.25, 0.3) is 11.6 Å². The van der Waals surface area contributed by atoms with Crippen molar-refractivity contribution in [1.29, 1.82) is 0 Å². The number of amides is 1. The van der Waals surface area contributed by atoms with Gasteiger partial charge in [0.2, 0.25) is 0 Å². The van der Waals surface area contributed by atoms with Gasteiger partial charge < -0.3 is 10.4 Å². The number of rotatable bonds is 7. The normalized spacial score (nSPS) is 11.7. The van der Waals surface area contributed by atoms with E-state index in [9.17, 15) is 19.7 Å².